The number of carbonyl (C=O) groups is 1. The lowest BCUT2D eigenvalue weighted by Crippen LogP contribution is -2.29. The molecule has 20 heavy (non-hydrogen) atoms. The van der Waals surface area contributed by atoms with Crippen LogP contribution in [-0.4, -0.2) is 39.1 Å². The molecule has 0 saturated carbocycles. The second-order valence-electron chi connectivity index (χ2n) is 4.14. The number of aromatic nitrogens is 3. The van der Waals surface area contributed by atoms with Gasteiger partial charge in [0.15, 0.2) is 0 Å². The summed E-state index contributed by atoms with van der Waals surface area (Å²) >= 11 is 2.78. The highest BCUT2D eigenvalue weighted by Crippen LogP contribution is 2.20. The third-order valence-electron chi connectivity index (χ3n) is 2.70. The quantitative estimate of drug-likeness (QED) is 0.684. The van der Waals surface area contributed by atoms with Gasteiger partial charge in [-0.1, -0.05) is 0 Å². The minimum absolute atomic E-state index is 0.175. The Hall–Kier alpha value is -1.67. The topological polar surface area (TPSA) is 79.0 Å². The number of nitrogens with zero attached hydrogens (tertiary/aromatic N) is 3. The van der Waals surface area contributed by atoms with Crippen LogP contribution >= 0.6 is 23.1 Å². The maximum absolute atomic E-state index is 12.5. The Morgan fingerprint density at radius 3 is 2.90 bits per heavy atom. The average Bonchev–Trinajstić information content (AvgIpc) is 2.89. The second-order valence-corrected chi connectivity index (χ2v) is 5.91. The number of thiazole rings is 1. The fraction of sp³-hybridized carbons (Fsp3) is 0.333. The van der Waals surface area contributed by atoms with E-state index >= 15 is 0 Å². The van der Waals surface area contributed by atoms with Crippen LogP contribution in [0.1, 0.15) is 21.1 Å². The van der Waals surface area contributed by atoms with Crippen molar-refractivity contribution in [1.82, 2.24) is 19.9 Å². The van der Waals surface area contributed by atoms with Gasteiger partial charge in [0.05, 0.1) is 12.1 Å². The first-order chi connectivity index (χ1) is 9.52. The van der Waals surface area contributed by atoms with Crippen LogP contribution in [0.3, 0.4) is 0 Å². The maximum atomic E-state index is 12.5. The fourth-order valence-corrected chi connectivity index (χ4v) is 3.04. The summed E-state index contributed by atoms with van der Waals surface area (Å²) < 4.78 is 0. The van der Waals surface area contributed by atoms with Crippen molar-refractivity contribution >= 4 is 29.0 Å². The Kier molecular flexibility index (Phi) is 4.56. The third-order valence-corrected chi connectivity index (χ3v) is 4.14. The summed E-state index contributed by atoms with van der Waals surface area (Å²) in [6, 6.07) is 0. The summed E-state index contributed by atoms with van der Waals surface area (Å²) in [4.78, 5) is 36.0. The van der Waals surface area contributed by atoms with Gasteiger partial charge in [0.1, 0.15) is 10.0 Å². The molecule has 0 fully saturated rings. The van der Waals surface area contributed by atoms with E-state index in [-0.39, 0.29) is 5.91 Å². The molecule has 0 unspecified atom stereocenters. The molecule has 106 valence electrons. The molecule has 0 aliphatic heterocycles. The van der Waals surface area contributed by atoms with Crippen molar-refractivity contribution in [2.75, 3.05) is 13.3 Å². The van der Waals surface area contributed by atoms with Gasteiger partial charge in [-0.25, -0.2) is 9.78 Å². The largest absolute Gasteiger partial charge is 0.346 e. The van der Waals surface area contributed by atoms with Crippen molar-refractivity contribution in [2.45, 2.75) is 18.5 Å². The Morgan fingerprint density at radius 1 is 1.55 bits per heavy atom. The Morgan fingerprint density at radius 2 is 2.30 bits per heavy atom. The number of thioether (sulfide) groups is 1. The standard InChI is InChI=1S/C12H14N4O2S2/c1-7-9(10(19-3)15-12(18)14-7)11(17)16(2)6-8-13-4-5-20-8/h4-5H,6H2,1-3H3,(H,14,15,18). The van der Waals surface area contributed by atoms with Crippen molar-refractivity contribution < 1.29 is 4.79 Å². The zero-order valence-corrected chi connectivity index (χ0v) is 13.0. The number of rotatable bonds is 4. The number of carbonyl (C=O) groups excluding carboxylic acids is 1. The molecule has 0 spiro atoms. The van der Waals surface area contributed by atoms with E-state index in [0.29, 0.717) is 22.8 Å². The Balaban J connectivity index is 2.31. The van der Waals surface area contributed by atoms with Gasteiger partial charge in [-0.2, -0.15) is 4.98 Å². The predicted octanol–water partition coefficient (Wildman–Crippen LogP) is 1.53. The SMILES string of the molecule is CSc1nc(=O)[nH]c(C)c1C(=O)N(C)Cc1nccs1. The monoisotopic (exact) mass is 310 g/mol. The fourth-order valence-electron chi connectivity index (χ4n) is 1.76. The Bertz CT molecular complexity index is 667. The Labute approximate surface area is 124 Å². The molecular formula is C12H14N4O2S2. The molecule has 2 aromatic heterocycles. The number of aromatic amines is 1. The second kappa shape index (κ2) is 6.19. The van der Waals surface area contributed by atoms with Gasteiger partial charge in [0.2, 0.25) is 0 Å². The van der Waals surface area contributed by atoms with E-state index in [9.17, 15) is 9.59 Å². The summed E-state index contributed by atoms with van der Waals surface area (Å²) in [7, 11) is 1.71. The molecule has 2 heterocycles. The van der Waals surface area contributed by atoms with E-state index in [4.69, 9.17) is 0 Å². The van der Waals surface area contributed by atoms with Gasteiger partial charge in [-0.3, -0.25) is 4.79 Å². The van der Waals surface area contributed by atoms with Crippen molar-refractivity contribution in [3.63, 3.8) is 0 Å². The lowest BCUT2D eigenvalue weighted by Gasteiger charge is -2.18. The molecule has 0 atom stereocenters. The molecule has 0 aliphatic carbocycles. The van der Waals surface area contributed by atoms with Gasteiger partial charge in [-0.05, 0) is 13.2 Å². The molecule has 0 aromatic carbocycles. The molecule has 2 rings (SSSR count). The van der Waals surface area contributed by atoms with Crippen LogP contribution in [0.25, 0.3) is 0 Å². The van der Waals surface area contributed by atoms with Crippen molar-refractivity contribution in [3.05, 3.63) is 38.3 Å². The summed E-state index contributed by atoms with van der Waals surface area (Å²) in [5, 5.41) is 3.18. The highest BCUT2D eigenvalue weighted by molar-refractivity contribution is 7.98. The van der Waals surface area contributed by atoms with Crippen LogP contribution in [-0.2, 0) is 6.54 Å². The normalized spacial score (nSPS) is 10.6. The molecule has 1 amide bonds. The van der Waals surface area contributed by atoms with E-state index in [0.717, 1.165) is 5.01 Å². The number of hydrogen-bond acceptors (Lipinski definition) is 6. The first-order valence-corrected chi connectivity index (χ1v) is 7.92. The maximum Gasteiger partial charge on any atom is 0.346 e. The van der Waals surface area contributed by atoms with E-state index in [1.807, 2.05) is 5.38 Å². The van der Waals surface area contributed by atoms with Crippen LogP contribution in [0.15, 0.2) is 21.4 Å². The van der Waals surface area contributed by atoms with Gasteiger partial charge in [0.25, 0.3) is 5.91 Å². The highest BCUT2D eigenvalue weighted by atomic mass is 32.2. The summed E-state index contributed by atoms with van der Waals surface area (Å²) in [5.74, 6) is -0.175. The van der Waals surface area contributed by atoms with E-state index in [2.05, 4.69) is 15.0 Å². The van der Waals surface area contributed by atoms with E-state index < -0.39 is 5.69 Å². The smallest absolute Gasteiger partial charge is 0.335 e. The summed E-state index contributed by atoms with van der Waals surface area (Å²) in [6.45, 7) is 2.14. The van der Waals surface area contributed by atoms with Crippen LogP contribution in [0.4, 0.5) is 0 Å². The van der Waals surface area contributed by atoms with Crippen molar-refractivity contribution in [2.24, 2.45) is 0 Å². The van der Waals surface area contributed by atoms with Gasteiger partial charge < -0.3 is 9.88 Å². The molecule has 0 bridgehead atoms. The number of nitrogens with one attached hydrogen (secondary N) is 1. The van der Waals surface area contributed by atoms with Gasteiger partial charge in [0, 0.05) is 24.3 Å². The van der Waals surface area contributed by atoms with Crippen LogP contribution in [0, 0.1) is 6.92 Å². The summed E-state index contributed by atoms with van der Waals surface area (Å²) in [5.41, 5.74) is 0.535. The van der Waals surface area contributed by atoms with Crippen molar-refractivity contribution in [3.8, 4) is 0 Å². The number of amides is 1. The van der Waals surface area contributed by atoms with Crippen LogP contribution < -0.4 is 5.69 Å². The average molecular weight is 310 g/mol. The van der Waals surface area contributed by atoms with Crippen LogP contribution in [0.5, 0.6) is 0 Å². The first-order valence-electron chi connectivity index (χ1n) is 5.81. The molecule has 0 aliphatic rings. The molecule has 1 N–H and O–H groups in total. The van der Waals surface area contributed by atoms with E-state index in [1.54, 1.807) is 31.3 Å². The van der Waals surface area contributed by atoms with E-state index in [1.165, 1.54) is 23.1 Å². The van der Waals surface area contributed by atoms with Gasteiger partial charge in [-0.15, -0.1) is 23.1 Å². The zero-order valence-electron chi connectivity index (χ0n) is 11.3. The lowest BCUT2D eigenvalue weighted by atomic mass is 10.2. The number of hydrogen-bond donors (Lipinski definition) is 1. The predicted molar refractivity (Wildman–Crippen MR) is 79.3 cm³/mol. The molecule has 8 heteroatoms. The van der Waals surface area contributed by atoms with Gasteiger partial charge >= 0.3 is 5.69 Å². The third kappa shape index (κ3) is 3.07. The minimum atomic E-state index is -0.439. The van der Waals surface area contributed by atoms with Crippen LogP contribution in [0.2, 0.25) is 0 Å². The summed E-state index contributed by atoms with van der Waals surface area (Å²) in [6.07, 6.45) is 3.50. The zero-order chi connectivity index (χ0) is 14.7. The lowest BCUT2D eigenvalue weighted by molar-refractivity contribution is 0.0779. The molecule has 6 nitrogen and oxygen atoms in total. The molecule has 0 saturated heterocycles. The molecule has 2 aromatic rings. The number of H-pyrrole nitrogens is 1. The number of aryl methyl sites for hydroxylation is 1. The highest BCUT2D eigenvalue weighted by Gasteiger charge is 2.21. The van der Waals surface area contributed by atoms with Crippen molar-refractivity contribution in [1.29, 1.82) is 0 Å². The first kappa shape index (κ1) is 14.7. The minimum Gasteiger partial charge on any atom is -0.335 e. The molecular weight excluding hydrogens is 296 g/mol. The molecule has 0 radical (unpaired) electrons.